The van der Waals surface area contributed by atoms with E-state index in [1.165, 1.54) is 5.56 Å². The number of halogens is 1. The first kappa shape index (κ1) is 18.8. The number of nitrogens with two attached hydrogens (primary N) is 2. The molecule has 0 spiro atoms. The molecule has 6 nitrogen and oxygen atoms in total. The van der Waals surface area contributed by atoms with Crippen LogP contribution in [-0.4, -0.2) is 22.5 Å². The Balaban J connectivity index is 1.97. The third-order valence-corrected chi connectivity index (χ3v) is 4.53. The number of amides is 1. The van der Waals surface area contributed by atoms with Crippen molar-refractivity contribution in [2.75, 3.05) is 12.3 Å². The van der Waals surface area contributed by atoms with Crippen LogP contribution in [0.15, 0.2) is 53.0 Å². The molecule has 0 aliphatic rings. The number of aromatic nitrogens is 2. The standard InChI is InChI=1S/C20H19BrN4O2/c1-12-17(19(22)26)18(25-20(23)24-12)15-11-14(21)7-8-16(15)27-10-9-13-5-3-2-4-6-13/h2-8,11H,9-10H2,1H3,(H2,22,26)(H2,23,24,25). The highest BCUT2D eigenvalue weighted by Gasteiger charge is 2.20. The van der Waals surface area contributed by atoms with Gasteiger partial charge in [0, 0.05) is 16.5 Å². The molecular weight excluding hydrogens is 408 g/mol. The Bertz CT molecular complexity index is 977. The minimum atomic E-state index is -0.613. The highest BCUT2D eigenvalue weighted by atomic mass is 79.9. The molecule has 1 aromatic heterocycles. The monoisotopic (exact) mass is 426 g/mol. The zero-order chi connectivity index (χ0) is 19.4. The number of carbonyl (C=O) groups is 1. The van der Waals surface area contributed by atoms with E-state index in [4.69, 9.17) is 16.2 Å². The quantitative estimate of drug-likeness (QED) is 0.627. The van der Waals surface area contributed by atoms with Gasteiger partial charge in [0.25, 0.3) is 5.91 Å². The molecule has 0 bridgehead atoms. The smallest absolute Gasteiger partial charge is 0.252 e. The van der Waals surface area contributed by atoms with Gasteiger partial charge >= 0.3 is 0 Å². The summed E-state index contributed by atoms with van der Waals surface area (Å²) >= 11 is 3.45. The molecule has 4 N–H and O–H groups in total. The molecule has 0 atom stereocenters. The number of nitrogens with zero attached hydrogens (tertiary/aromatic N) is 2. The molecule has 0 radical (unpaired) electrons. The van der Waals surface area contributed by atoms with Gasteiger partial charge in [-0.1, -0.05) is 46.3 Å². The summed E-state index contributed by atoms with van der Waals surface area (Å²) in [4.78, 5) is 20.3. The number of nitrogen functional groups attached to an aromatic ring is 1. The summed E-state index contributed by atoms with van der Waals surface area (Å²) in [6, 6.07) is 15.6. The Morgan fingerprint density at radius 1 is 1.15 bits per heavy atom. The number of aryl methyl sites for hydroxylation is 1. The number of primary amides is 1. The number of carbonyl (C=O) groups excluding carboxylic acids is 1. The molecule has 27 heavy (non-hydrogen) atoms. The molecule has 0 fully saturated rings. The zero-order valence-electron chi connectivity index (χ0n) is 14.8. The molecule has 1 heterocycles. The van der Waals surface area contributed by atoms with Crippen molar-refractivity contribution in [3.8, 4) is 17.0 Å². The van der Waals surface area contributed by atoms with Gasteiger partial charge in [-0.15, -0.1) is 0 Å². The predicted molar refractivity (Wildman–Crippen MR) is 108 cm³/mol. The van der Waals surface area contributed by atoms with Crippen molar-refractivity contribution in [1.82, 2.24) is 9.97 Å². The number of ether oxygens (including phenoxy) is 1. The highest BCUT2D eigenvalue weighted by Crippen LogP contribution is 2.34. The molecule has 3 aromatic rings. The first-order valence-electron chi connectivity index (χ1n) is 8.36. The maximum absolute atomic E-state index is 12.0. The van der Waals surface area contributed by atoms with Crippen molar-refractivity contribution in [3.05, 3.63) is 69.8 Å². The Kier molecular flexibility index (Phi) is 5.71. The van der Waals surface area contributed by atoms with Crippen LogP contribution in [0.25, 0.3) is 11.3 Å². The van der Waals surface area contributed by atoms with Gasteiger partial charge in [0.2, 0.25) is 5.95 Å². The average Bonchev–Trinajstić information content (AvgIpc) is 2.62. The molecule has 0 saturated carbocycles. The second kappa shape index (κ2) is 8.18. The molecule has 3 rings (SSSR count). The van der Waals surface area contributed by atoms with E-state index in [1.54, 1.807) is 6.92 Å². The third kappa shape index (κ3) is 4.43. The van der Waals surface area contributed by atoms with E-state index >= 15 is 0 Å². The van der Waals surface area contributed by atoms with Gasteiger partial charge in [0.05, 0.1) is 23.6 Å². The van der Waals surface area contributed by atoms with E-state index < -0.39 is 5.91 Å². The summed E-state index contributed by atoms with van der Waals surface area (Å²) in [6.45, 7) is 2.15. The summed E-state index contributed by atoms with van der Waals surface area (Å²) in [5.74, 6) is 0.0505. The van der Waals surface area contributed by atoms with Crippen LogP contribution >= 0.6 is 15.9 Å². The second-order valence-electron chi connectivity index (χ2n) is 5.98. The Morgan fingerprint density at radius 2 is 1.89 bits per heavy atom. The molecule has 0 aliphatic carbocycles. The van der Waals surface area contributed by atoms with Crippen molar-refractivity contribution in [1.29, 1.82) is 0 Å². The minimum Gasteiger partial charge on any atom is -0.493 e. The second-order valence-corrected chi connectivity index (χ2v) is 6.90. The van der Waals surface area contributed by atoms with Crippen LogP contribution in [0, 0.1) is 6.92 Å². The highest BCUT2D eigenvalue weighted by molar-refractivity contribution is 9.10. The molecular formula is C20H19BrN4O2. The topological polar surface area (TPSA) is 104 Å². The van der Waals surface area contributed by atoms with Crippen molar-refractivity contribution >= 4 is 27.8 Å². The molecule has 0 saturated heterocycles. The maximum atomic E-state index is 12.0. The van der Waals surface area contributed by atoms with Gasteiger partial charge in [-0.25, -0.2) is 9.97 Å². The van der Waals surface area contributed by atoms with Crippen LogP contribution in [0.3, 0.4) is 0 Å². The summed E-state index contributed by atoms with van der Waals surface area (Å²) < 4.78 is 6.81. The number of anilines is 1. The summed E-state index contributed by atoms with van der Waals surface area (Å²) in [7, 11) is 0. The van der Waals surface area contributed by atoms with E-state index in [9.17, 15) is 4.79 Å². The van der Waals surface area contributed by atoms with Crippen molar-refractivity contribution < 1.29 is 9.53 Å². The van der Waals surface area contributed by atoms with Gasteiger partial charge in [-0.2, -0.15) is 0 Å². The molecule has 7 heteroatoms. The van der Waals surface area contributed by atoms with Gasteiger partial charge in [-0.3, -0.25) is 4.79 Å². The summed E-state index contributed by atoms with van der Waals surface area (Å²) in [5.41, 5.74) is 14.2. The van der Waals surface area contributed by atoms with E-state index in [1.807, 2.05) is 48.5 Å². The lowest BCUT2D eigenvalue weighted by Gasteiger charge is -2.15. The van der Waals surface area contributed by atoms with Crippen LogP contribution < -0.4 is 16.2 Å². The van der Waals surface area contributed by atoms with E-state index in [0.29, 0.717) is 29.3 Å². The lowest BCUT2D eigenvalue weighted by Crippen LogP contribution is -2.17. The van der Waals surface area contributed by atoms with Crippen molar-refractivity contribution in [2.24, 2.45) is 5.73 Å². The lowest BCUT2D eigenvalue weighted by molar-refractivity contribution is 0.0999. The maximum Gasteiger partial charge on any atom is 0.252 e. The first-order chi connectivity index (χ1) is 13.0. The normalized spacial score (nSPS) is 10.6. The zero-order valence-corrected chi connectivity index (χ0v) is 16.4. The van der Waals surface area contributed by atoms with E-state index in [0.717, 1.165) is 10.9 Å². The lowest BCUT2D eigenvalue weighted by atomic mass is 10.0. The van der Waals surface area contributed by atoms with E-state index in [2.05, 4.69) is 25.9 Å². The number of rotatable bonds is 6. The van der Waals surface area contributed by atoms with Crippen LogP contribution in [0.4, 0.5) is 5.95 Å². The molecule has 138 valence electrons. The summed E-state index contributed by atoms with van der Waals surface area (Å²) in [5, 5.41) is 0. The summed E-state index contributed by atoms with van der Waals surface area (Å²) in [6.07, 6.45) is 0.754. The Morgan fingerprint density at radius 3 is 2.59 bits per heavy atom. The van der Waals surface area contributed by atoms with Crippen molar-refractivity contribution in [3.63, 3.8) is 0 Å². The van der Waals surface area contributed by atoms with Crippen molar-refractivity contribution in [2.45, 2.75) is 13.3 Å². The Hall–Kier alpha value is -2.93. The average molecular weight is 427 g/mol. The fourth-order valence-corrected chi connectivity index (χ4v) is 3.18. The van der Waals surface area contributed by atoms with Crippen LogP contribution in [0.5, 0.6) is 5.75 Å². The molecule has 1 amide bonds. The predicted octanol–water partition coefficient (Wildman–Crippen LogP) is 3.52. The largest absolute Gasteiger partial charge is 0.493 e. The van der Waals surface area contributed by atoms with Crippen LogP contribution in [0.2, 0.25) is 0 Å². The van der Waals surface area contributed by atoms with Gasteiger partial charge in [-0.05, 0) is 30.7 Å². The minimum absolute atomic E-state index is 0.0720. The molecule has 0 aliphatic heterocycles. The third-order valence-electron chi connectivity index (χ3n) is 4.04. The first-order valence-corrected chi connectivity index (χ1v) is 9.15. The van der Waals surface area contributed by atoms with Gasteiger partial charge in [0.1, 0.15) is 5.75 Å². The number of benzene rings is 2. The number of hydrogen-bond acceptors (Lipinski definition) is 5. The Labute approximate surface area is 165 Å². The van der Waals surface area contributed by atoms with Crippen LogP contribution in [-0.2, 0) is 6.42 Å². The fraction of sp³-hybridized carbons (Fsp3) is 0.150. The van der Waals surface area contributed by atoms with E-state index in [-0.39, 0.29) is 11.5 Å². The van der Waals surface area contributed by atoms with Crippen LogP contribution in [0.1, 0.15) is 21.6 Å². The molecule has 0 unspecified atom stereocenters. The van der Waals surface area contributed by atoms with Gasteiger partial charge in [0.15, 0.2) is 0 Å². The van der Waals surface area contributed by atoms with Gasteiger partial charge < -0.3 is 16.2 Å². The number of hydrogen-bond donors (Lipinski definition) is 2. The molecule has 2 aromatic carbocycles. The fourth-order valence-electron chi connectivity index (χ4n) is 2.82. The SMILES string of the molecule is Cc1nc(N)nc(-c2cc(Br)ccc2OCCc2ccccc2)c1C(N)=O.